The molecule has 1 fully saturated rings. The summed E-state index contributed by atoms with van der Waals surface area (Å²) in [5.41, 5.74) is 0. The first-order chi connectivity index (χ1) is 9.02. The van der Waals surface area contributed by atoms with Gasteiger partial charge < -0.3 is 9.47 Å². The first-order valence-corrected chi connectivity index (χ1v) is 6.77. The standard InChI is InChI=1S/C13H13BrF2O3/c1-2-3-18-13-9(17)6-11(13)19-10-5-7(14)4-8(15)12(10)16/h4-5,11,13H,2-3,6H2,1H3. The van der Waals surface area contributed by atoms with Crippen LogP contribution in [-0.4, -0.2) is 24.6 Å². The quantitative estimate of drug-likeness (QED) is 0.775. The molecule has 0 aliphatic heterocycles. The molecule has 2 unspecified atom stereocenters. The summed E-state index contributed by atoms with van der Waals surface area (Å²) in [6.45, 7) is 2.36. The van der Waals surface area contributed by atoms with Gasteiger partial charge in [0.25, 0.3) is 0 Å². The molecule has 104 valence electrons. The molecule has 0 aromatic heterocycles. The summed E-state index contributed by atoms with van der Waals surface area (Å²) < 4.78 is 37.8. The molecule has 2 rings (SSSR count). The maximum atomic E-state index is 13.5. The van der Waals surface area contributed by atoms with Gasteiger partial charge >= 0.3 is 0 Å². The van der Waals surface area contributed by atoms with E-state index >= 15 is 0 Å². The molecule has 0 bridgehead atoms. The largest absolute Gasteiger partial charge is 0.484 e. The van der Waals surface area contributed by atoms with Crippen molar-refractivity contribution in [2.75, 3.05) is 6.61 Å². The van der Waals surface area contributed by atoms with Gasteiger partial charge in [0.15, 0.2) is 23.5 Å². The lowest BCUT2D eigenvalue weighted by Gasteiger charge is -2.34. The number of carbonyl (C=O) groups is 1. The molecule has 1 aromatic carbocycles. The summed E-state index contributed by atoms with van der Waals surface area (Å²) in [7, 11) is 0. The van der Waals surface area contributed by atoms with Gasteiger partial charge in [-0.05, 0) is 18.6 Å². The highest BCUT2D eigenvalue weighted by Gasteiger charge is 2.43. The van der Waals surface area contributed by atoms with E-state index in [4.69, 9.17) is 9.47 Å². The van der Waals surface area contributed by atoms with Crippen LogP contribution in [0.4, 0.5) is 8.78 Å². The van der Waals surface area contributed by atoms with Gasteiger partial charge in [-0.3, -0.25) is 4.79 Å². The van der Waals surface area contributed by atoms with Crippen molar-refractivity contribution < 1.29 is 23.0 Å². The normalized spacial score (nSPS) is 22.2. The Morgan fingerprint density at radius 3 is 2.79 bits per heavy atom. The van der Waals surface area contributed by atoms with Gasteiger partial charge in [-0.1, -0.05) is 22.9 Å². The Balaban J connectivity index is 2.07. The van der Waals surface area contributed by atoms with E-state index in [0.717, 1.165) is 12.5 Å². The molecule has 2 atom stereocenters. The van der Waals surface area contributed by atoms with E-state index in [-0.39, 0.29) is 18.0 Å². The first kappa shape index (κ1) is 14.4. The second-order valence-corrected chi connectivity index (χ2v) is 5.23. The van der Waals surface area contributed by atoms with E-state index < -0.39 is 23.8 Å². The van der Waals surface area contributed by atoms with E-state index in [9.17, 15) is 13.6 Å². The third kappa shape index (κ3) is 3.12. The van der Waals surface area contributed by atoms with Crippen LogP contribution in [0, 0.1) is 11.6 Å². The molecule has 0 radical (unpaired) electrons. The second-order valence-electron chi connectivity index (χ2n) is 4.32. The summed E-state index contributed by atoms with van der Waals surface area (Å²) in [5, 5.41) is 0. The van der Waals surface area contributed by atoms with Crippen LogP contribution in [0.2, 0.25) is 0 Å². The Morgan fingerprint density at radius 2 is 2.16 bits per heavy atom. The van der Waals surface area contributed by atoms with Crippen LogP contribution in [0.1, 0.15) is 19.8 Å². The minimum atomic E-state index is -1.06. The first-order valence-electron chi connectivity index (χ1n) is 5.98. The van der Waals surface area contributed by atoms with Crippen LogP contribution < -0.4 is 4.74 Å². The lowest BCUT2D eigenvalue weighted by atomic mass is 9.90. The lowest BCUT2D eigenvalue weighted by molar-refractivity contribution is -0.155. The Morgan fingerprint density at radius 1 is 1.42 bits per heavy atom. The molecule has 1 aliphatic carbocycles. The highest BCUT2D eigenvalue weighted by Crippen LogP contribution is 2.30. The zero-order valence-electron chi connectivity index (χ0n) is 10.3. The van der Waals surface area contributed by atoms with Gasteiger partial charge in [-0.2, -0.15) is 4.39 Å². The predicted octanol–water partition coefficient (Wildman–Crippen LogP) is 3.24. The summed E-state index contributed by atoms with van der Waals surface area (Å²) >= 11 is 3.06. The van der Waals surface area contributed by atoms with Crippen molar-refractivity contribution in [3.8, 4) is 5.75 Å². The van der Waals surface area contributed by atoms with Crippen LogP contribution in [0.25, 0.3) is 0 Å². The number of Topliss-reactive ketones (excluding diaryl/α,β-unsaturated/α-hetero) is 1. The molecule has 6 heteroatoms. The monoisotopic (exact) mass is 334 g/mol. The van der Waals surface area contributed by atoms with Crippen LogP contribution in [-0.2, 0) is 9.53 Å². The number of ketones is 1. The lowest BCUT2D eigenvalue weighted by Crippen LogP contribution is -2.52. The van der Waals surface area contributed by atoms with Gasteiger partial charge in [0.1, 0.15) is 6.10 Å². The Kier molecular flexibility index (Phi) is 4.52. The number of benzene rings is 1. The van der Waals surface area contributed by atoms with Gasteiger partial charge in [0.2, 0.25) is 5.82 Å². The molecular formula is C13H13BrF2O3. The predicted molar refractivity (Wildman–Crippen MR) is 68.1 cm³/mol. The van der Waals surface area contributed by atoms with Gasteiger partial charge in [-0.15, -0.1) is 0 Å². The zero-order valence-corrected chi connectivity index (χ0v) is 11.9. The highest BCUT2D eigenvalue weighted by molar-refractivity contribution is 9.10. The summed E-state index contributed by atoms with van der Waals surface area (Å²) in [6.07, 6.45) is -0.304. The molecule has 0 N–H and O–H groups in total. The van der Waals surface area contributed by atoms with E-state index in [1.54, 1.807) is 0 Å². The third-order valence-corrected chi connectivity index (χ3v) is 3.25. The SMILES string of the molecule is CCCOC1C(=O)CC1Oc1cc(Br)cc(F)c1F. The molecule has 3 nitrogen and oxygen atoms in total. The van der Waals surface area contributed by atoms with Crippen molar-refractivity contribution in [1.82, 2.24) is 0 Å². The molecule has 19 heavy (non-hydrogen) atoms. The van der Waals surface area contributed by atoms with Crippen molar-refractivity contribution in [3.63, 3.8) is 0 Å². The number of halogens is 3. The molecular weight excluding hydrogens is 322 g/mol. The van der Waals surface area contributed by atoms with Crippen LogP contribution in [0.15, 0.2) is 16.6 Å². The van der Waals surface area contributed by atoms with Crippen molar-refractivity contribution in [2.24, 2.45) is 0 Å². The summed E-state index contributed by atoms with van der Waals surface area (Å²) in [4.78, 5) is 11.4. The minimum Gasteiger partial charge on any atom is -0.484 e. The van der Waals surface area contributed by atoms with Crippen LogP contribution in [0.3, 0.4) is 0 Å². The van der Waals surface area contributed by atoms with Crippen LogP contribution in [0.5, 0.6) is 5.75 Å². The molecule has 0 heterocycles. The second kappa shape index (κ2) is 5.96. The van der Waals surface area contributed by atoms with Crippen molar-refractivity contribution in [3.05, 3.63) is 28.2 Å². The number of rotatable bonds is 5. The summed E-state index contributed by atoms with van der Waals surface area (Å²) in [5.74, 6) is -2.35. The van der Waals surface area contributed by atoms with Crippen molar-refractivity contribution >= 4 is 21.7 Å². The van der Waals surface area contributed by atoms with E-state index in [1.165, 1.54) is 6.07 Å². The molecule has 0 amide bonds. The van der Waals surface area contributed by atoms with Gasteiger partial charge in [0, 0.05) is 17.5 Å². The third-order valence-electron chi connectivity index (χ3n) is 2.80. The topological polar surface area (TPSA) is 35.5 Å². The number of hydrogen-bond acceptors (Lipinski definition) is 3. The van der Waals surface area contributed by atoms with E-state index in [2.05, 4.69) is 15.9 Å². The Labute approximate surface area is 118 Å². The molecule has 1 aliphatic rings. The maximum absolute atomic E-state index is 13.5. The molecule has 1 saturated carbocycles. The molecule has 0 spiro atoms. The van der Waals surface area contributed by atoms with Crippen LogP contribution >= 0.6 is 15.9 Å². The van der Waals surface area contributed by atoms with Crippen molar-refractivity contribution in [2.45, 2.75) is 32.0 Å². The van der Waals surface area contributed by atoms with E-state index in [1.807, 2.05) is 6.92 Å². The average molecular weight is 335 g/mol. The fourth-order valence-corrected chi connectivity index (χ4v) is 2.21. The fraction of sp³-hybridized carbons (Fsp3) is 0.462. The number of carbonyl (C=O) groups excluding carboxylic acids is 1. The zero-order chi connectivity index (χ0) is 14.0. The highest BCUT2D eigenvalue weighted by atomic mass is 79.9. The smallest absolute Gasteiger partial charge is 0.200 e. The van der Waals surface area contributed by atoms with E-state index in [0.29, 0.717) is 11.1 Å². The minimum absolute atomic E-state index is 0.0747. The van der Waals surface area contributed by atoms with Crippen molar-refractivity contribution in [1.29, 1.82) is 0 Å². The van der Waals surface area contributed by atoms with Gasteiger partial charge in [-0.25, -0.2) is 4.39 Å². The average Bonchev–Trinajstić information content (AvgIpc) is 2.35. The maximum Gasteiger partial charge on any atom is 0.200 e. The number of hydrogen-bond donors (Lipinski definition) is 0. The molecule has 0 saturated heterocycles. The molecule has 1 aromatic rings. The van der Waals surface area contributed by atoms with Gasteiger partial charge in [0.05, 0.1) is 0 Å². The summed E-state index contributed by atoms with van der Waals surface area (Å²) in [6, 6.07) is 2.34. The Hall–Kier alpha value is -1.01. The fourth-order valence-electron chi connectivity index (χ4n) is 1.80. The Bertz CT molecular complexity index is 493. The number of ether oxygens (including phenoxy) is 2.